The summed E-state index contributed by atoms with van der Waals surface area (Å²) in [5.74, 6) is -0.0144. The molecule has 9 heteroatoms. The number of pyridine rings is 1. The third-order valence-electron chi connectivity index (χ3n) is 5.29. The summed E-state index contributed by atoms with van der Waals surface area (Å²) < 4.78 is 37.4. The Hall–Kier alpha value is -3.01. The van der Waals surface area contributed by atoms with Crippen molar-refractivity contribution in [2.75, 3.05) is 13.2 Å². The second-order valence-electron chi connectivity index (χ2n) is 7.19. The molecule has 0 aliphatic carbocycles. The van der Waals surface area contributed by atoms with Crippen molar-refractivity contribution in [3.63, 3.8) is 0 Å². The number of aliphatic hydroxyl groups excluding tert-OH is 1. The number of hydrogen-bond acceptors (Lipinski definition) is 7. The molecule has 29 heavy (non-hydrogen) atoms. The zero-order chi connectivity index (χ0) is 19.5. The van der Waals surface area contributed by atoms with Crippen LogP contribution < -0.4 is 4.74 Å². The predicted molar refractivity (Wildman–Crippen MR) is 99.0 cm³/mol. The first-order chi connectivity index (χ1) is 14.2. The highest BCUT2D eigenvalue weighted by Gasteiger charge is 2.48. The van der Waals surface area contributed by atoms with Gasteiger partial charge in [-0.25, -0.2) is 14.4 Å². The van der Waals surface area contributed by atoms with Crippen molar-refractivity contribution >= 4 is 22.1 Å². The average Bonchev–Trinajstić information content (AvgIpc) is 3.46. The molecule has 0 radical (unpaired) electrons. The van der Waals surface area contributed by atoms with Crippen LogP contribution in [-0.4, -0.2) is 57.7 Å². The van der Waals surface area contributed by atoms with Crippen LogP contribution >= 0.6 is 0 Å². The van der Waals surface area contributed by atoms with Crippen LogP contribution in [0.15, 0.2) is 40.8 Å². The van der Waals surface area contributed by atoms with Gasteiger partial charge in [0, 0.05) is 12.1 Å². The number of aliphatic hydroxyl groups is 1. The molecule has 0 bridgehead atoms. The maximum Gasteiger partial charge on any atom is 0.249 e. The lowest BCUT2D eigenvalue weighted by atomic mass is 10.1. The number of halogens is 1. The van der Waals surface area contributed by atoms with E-state index in [0.29, 0.717) is 34.6 Å². The SMILES string of the molecule is O[C@@H]1CO[C@H]2C1OC[C@H]2Oc1cc2nc(-c3nc4ccccc4o3)c(F)cc2[nH]1. The molecule has 3 aromatic heterocycles. The van der Waals surface area contributed by atoms with E-state index in [2.05, 4.69) is 15.0 Å². The fourth-order valence-corrected chi connectivity index (χ4v) is 3.90. The lowest BCUT2D eigenvalue weighted by Crippen LogP contribution is -2.34. The summed E-state index contributed by atoms with van der Waals surface area (Å²) in [7, 11) is 0. The molecule has 2 saturated heterocycles. The number of aromatic nitrogens is 3. The highest BCUT2D eigenvalue weighted by Crippen LogP contribution is 2.32. The van der Waals surface area contributed by atoms with E-state index in [1.54, 1.807) is 18.2 Å². The average molecular weight is 397 g/mol. The van der Waals surface area contributed by atoms with Crippen molar-refractivity contribution in [2.24, 2.45) is 0 Å². The Morgan fingerprint density at radius 1 is 1.07 bits per heavy atom. The van der Waals surface area contributed by atoms with Gasteiger partial charge in [-0.2, -0.15) is 0 Å². The van der Waals surface area contributed by atoms with Gasteiger partial charge in [0.05, 0.1) is 24.2 Å². The van der Waals surface area contributed by atoms with Gasteiger partial charge in [-0.15, -0.1) is 0 Å². The second-order valence-corrected chi connectivity index (χ2v) is 7.19. The van der Waals surface area contributed by atoms with Crippen LogP contribution in [0.4, 0.5) is 4.39 Å². The van der Waals surface area contributed by atoms with Crippen LogP contribution in [0.3, 0.4) is 0 Å². The molecular formula is C20H16FN3O5. The minimum Gasteiger partial charge on any atom is -0.470 e. The highest BCUT2D eigenvalue weighted by molar-refractivity contribution is 5.81. The van der Waals surface area contributed by atoms with Crippen molar-refractivity contribution < 1.29 is 28.1 Å². The van der Waals surface area contributed by atoms with Gasteiger partial charge in [-0.1, -0.05) is 12.1 Å². The normalized spacial score (nSPS) is 26.4. The summed E-state index contributed by atoms with van der Waals surface area (Å²) in [4.78, 5) is 11.7. The van der Waals surface area contributed by atoms with Crippen LogP contribution in [0.2, 0.25) is 0 Å². The standard InChI is InChI=1S/C20H16FN3O5/c21-9-5-11-12(23-17(9)20-24-10-3-1-2-4-14(10)29-20)6-16(22-11)28-15-8-27-18-13(25)7-26-19(15)18/h1-6,13,15,18-19,22,25H,7-8H2/t13-,15-,18?,19-/m1/s1. The summed E-state index contributed by atoms with van der Waals surface area (Å²) >= 11 is 0. The maximum absolute atomic E-state index is 14.7. The molecule has 0 amide bonds. The van der Waals surface area contributed by atoms with Crippen LogP contribution in [-0.2, 0) is 9.47 Å². The van der Waals surface area contributed by atoms with Gasteiger partial charge in [0.25, 0.3) is 0 Å². The lowest BCUT2D eigenvalue weighted by molar-refractivity contribution is 0.00794. The van der Waals surface area contributed by atoms with E-state index >= 15 is 0 Å². The molecular weight excluding hydrogens is 381 g/mol. The monoisotopic (exact) mass is 397 g/mol. The number of nitrogens with zero attached hydrogens (tertiary/aromatic N) is 2. The van der Waals surface area contributed by atoms with Crippen LogP contribution in [0.1, 0.15) is 0 Å². The molecule has 0 saturated carbocycles. The molecule has 5 heterocycles. The predicted octanol–water partition coefficient (Wildman–Crippen LogP) is 2.42. The summed E-state index contributed by atoms with van der Waals surface area (Å²) in [6.07, 6.45) is -1.74. The molecule has 6 rings (SSSR count). The van der Waals surface area contributed by atoms with E-state index in [4.69, 9.17) is 18.6 Å². The van der Waals surface area contributed by atoms with Gasteiger partial charge in [0.2, 0.25) is 5.89 Å². The summed E-state index contributed by atoms with van der Waals surface area (Å²) in [6.45, 7) is 0.528. The van der Waals surface area contributed by atoms with E-state index < -0.39 is 11.9 Å². The molecule has 2 N–H and O–H groups in total. The van der Waals surface area contributed by atoms with Crippen molar-refractivity contribution in [3.8, 4) is 17.5 Å². The Bertz CT molecular complexity index is 1190. The van der Waals surface area contributed by atoms with Gasteiger partial charge < -0.3 is 28.7 Å². The van der Waals surface area contributed by atoms with Gasteiger partial charge in [-0.3, -0.25) is 0 Å². The molecule has 2 fully saturated rings. The highest BCUT2D eigenvalue weighted by atomic mass is 19.1. The zero-order valence-corrected chi connectivity index (χ0v) is 15.0. The Morgan fingerprint density at radius 2 is 1.93 bits per heavy atom. The number of aromatic amines is 1. The number of nitrogens with one attached hydrogen (secondary N) is 1. The van der Waals surface area contributed by atoms with Gasteiger partial charge in [0.15, 0.2) is 29.1 Å². The Labute approximate surface area is 163 Å². The van der Waals surface area contributed by atoms with E-state index in [1.165, 1.54) is 6.07 Å². The van der Waals surface area contributed by atoms with Crippen molar-refractivity contribution in [3.05, 3.63) is 42.2 Å². The molecule has 1 aromatic carbocycles. The van der Waals surface area contributed by atoms with E-state index in [0.717, 1.165) is 0 Å². The molecule has 148 valence electrons. The Balaban J connectivity index is 1.32. The van der Waals surface area contributed by atoms with Gasteiger partial charge in [-0.05, 0) is 12.1 Å². The minimum absolute atomic E-state index is 0.0331. The maximum atomic E-state index is 14.7. The van der Waals surface area contributed by atoms with Gasteiger partial charge >= 0.3 is 0 Å². The number of H-pyrrole nitrogens is 1. The second kappa shape index (κ2) is 6.24. The minimum atomic E-state index is -0.647. The lowest BCUT2D eigenvalue weighted by Gasteiger charge is -2.16. The third-order valence-corrected chi connectivity index (χ3v) is 5.29. The van der Waals surface area contributed by atoms with Crippen molar-refractivity contribution in [1.82, 2.24) is 15.0 Å². The number of fused-ring (bicyclic) bond motifs is 3. The number of para-hydroxylation sites is 2. The number of rotatable bonds is 3. The van der Waals surface area contributed by atoms with Crippen molar-refractivity contribution in [2.45, 2.75) is 24.4 Å². The van der Waals surface area contributed by atoms with E-state index in [1.807, 2.05) is 12.1 Å². The smallest absolute Gasteiger partial charge is 0.249 e. The third kappa shape index (κ3) is 2.70. The Kier molecular flexibility index (Phi) is 3.64. The first-order valence-corrected chi connectivity index (χ1v) is 9.29. The topological polar surface area (TPSA) is 103 Å². The largest absolute Gasteiger partial charge is 0.470 e. The summed E-state index contributed by atoms with van der Waals surface area (Å²) in [6, 6.07) is 10.2. The van der Waals surface area contributed by atoms with Crippen LogP contribution in [0.25, 0.3) is 33.7 Å². The molecule has 4 aromatic rings. The summed E-state index contributed by atoms with van der Waals surface area (Å²) in [5.41, 5.74) is 2.24. The Morgan fingerprint density at radius 3 is 2.83 bits per heavy atom. The van der Waals surface area contributed by atoms with Gasteiger partial charge in [0.1, 0.15) is 23.8 Å². The fraction of sp³-hybridized carbons (Fsp3) is 0.300. The number of oxazole rings is 1. The molecule has 8 nitrogen and oxygen atoms in total. The van der Waals surface area contributed by atoms with E-state index in [9.17, 15) is 9.50 Å². The number of hydrogen-bond donors (Lipinski definition) is 2. The van der Waals surface area contributed by atoms with Crippen LogP contribution in [0.5, 0.6) is 5.88 Å². The molecule has 2 aliphatic heterocycles. The number of benzene rings is 1. The molecule has 4 atom stereocenters. The molecule has 2 aliphatic rings. The first kappa shape index (κ1) is 16.9. The first-order valence-electron chi connectivity index (χ1n) is 9.29. The molecule has 1 unspecified atom stereocenters. The van der Waals surface area contributed by atoms with Crippen molar-refractivity contribution in [1.29, 1.82) is 0 Å². The van der Waals surface area contributed by atoms with Crippen LogP contribution in [0, 0.1) is 5.82 Å². The number of ether oxygens (including phenoxy) is 3. The molecule has 0 spiro atoms. The zero-order valence-electron chi connectivity index (χ0n) is 15.0. The van der Waals surface area contributed by atoms with E-state index in [-0.39, 0.29) is 36.5 Å². The quantitative estimate of drug-likeness (QED) is 0.547. The summed E-state index contributed by atoms with van der Waals surface area (Å²) in [5, 5.41) is 9.84. The fourth-order valence-electron chi connectivity index (χ4n) is 3.90.